The molecule has 0 aliphatic carbocycles. The Labute approximate surface area is 161 Å². The monoisotopic (exact) mass is 231 g/mol. The summed E-state index contributed by atoms with van der Waals surface area (Å²) in [7, 11) is 0. The zero-order valence-corrected chi connectivity index (χ0v) is 14.0. The number of carboxylic acids is 1. The van der Waals surface area contributed by atoms with E-state index in [4.69, 9.17) is 0 Å². The van der Waals surface area contributed by atoms with Gasteiger partial charge in [-0.15, -0.1) is 0 Å². The van der Waals surface area contributed by atoms with E-state index in [1.54, 1.807) is 0 Å². The Morgan fingerprint density at radius 3 is 2.33 bits per heavy atom. The number of carbonyl (C=O) groups excluding carboxylic acids is 1. The number of rotatable bonds is 1. The van der Waals surface area contributed by atoms with Crippen molar-refractivity contribution in [2.45, 2.75) is 5.03 Å². The molecule has 1 aromatic heterocycles. The van der Waals surface area contributed by atoms with Crippen molar-refractivity contribution in [1.29, 1.82) is 0 Å². The predicted octanol–water partition coefficient (Wildman–Crippen LogP) is -6.64. The molecule has 1 heterocycles. The Morgan fingerprint density at radius 1 is 1.42 bits per heavy atom. The third-order valence-electron chi connectivity index (χ3n) is 0.972. The number of carbonyl (C=O) groups is 1. The number of hydrogen-bond acceptors (Lipinski definition) is 4. The fourth-order valence-electron chi connectivity index (χ4n) is 0.501. The Morgan fingerprint density at radius 2 is 2.00 bits per heavy atom. The van der Waals surface area contributed by atoms with Gasteiger partial charge in [-0.3, -0.25) is 4.98 Å². The number of hydrogen-bond donors (Lipinski definition) is 0. The molecule has 0 aliphatic rings. The molecule has 1 rings (SSSR count). The molecule has 3 nitrogen and oxygen atoms in total. The van der Waals surface area contributed by atoms with Gasteiger partial charge < -0.3 is 22.5 Å². The van der Waals surface area contributed by atoms with Gasteiger partial charge in [0.05, 0.1) is 5.97 Å². The summed E-state index contributed by atoms with van der Waals surface area (Å²) >= 11 is 4.63. The Balaban J connectivity index is 0. The molecule has 0 aliphatic heterocycles. The van der Waals surface area contributed by atoms with Gasteiger partial charge in [0.1, 0.15) is 0 Å². The van der Waals surface area contributed by atoms with E-state index < -0.39 is 5.97 Å². The molecule has 0 amide bonds. The Bertz CT molecular complexity index is 252. The van der Waals surface area contributed by atoms with E-state index in [-0.39, 0.29) is 108 Å². The molecule has 0 radical (unpaired) electrons. The van der Waals surface area contributed by atoms with Gasteiger partial charge in [0, 0.05) is 11.8 Å². The van der Waals surface area contributed by atoms with Crippen LogP contribution in [0.2, 0.25) is 0 Å². The molecule has 52 valence electrons. The van der Waals surface area contributed by atoms with Crippen LogP contribution in [0.25, 0.3) is 0 Å². The van der Waals surface area contributed by atoms with Crippen molar-refractivity contribution in [2.24, 2.45) is 0 Å². The van der Waals surface area contributed by atoms with Crippen molar-refractivity contribution in [3.05, 3.63) is 23.9 Å². The first-order chi connectivity index (χ1) is 4.70. The molecular weight excluding hydrogens is 228 g/mol. The summed E-state index contributed by atoms with van der Waals surface area (Å²) < 4.78 is 0. The van der Waals surface area contributed by atoms with E-state index in [1.165, 1.54) is 18.3 Å². The van der Waals surface area contributed by atoms with Gasteiger partial charge >= 0.3 is 103 Å². The first-order valence-electron chi connectivity index (χ1n) is 2.54. The third-order valence-corrected chi connectivity index (χ3v) is 1.21. The van der Waals surface area contributed by atoms with Gasteiger partial charge in [-0.25, -0.2) is 0 Å². The van der Waals surface area contributed by atoms with Crippen molar-refractivity contribution in [3.63, 3.8) is 0 Å². The number of pyridine rings is 1. The van der Waals surface area contributed by atoms with Crippen LogP contribution in [-0.2, 0) is 12.6 Å². The molecule has 0 saturated heterocycles. The maximum absolute atomic E-state index is 10.1. The standard InChI is InChI=1S/C6H5NO2S.2K/c8-6(9)4-1-2-5(10)7-3-4;;/h1-3H,(H,7,10)(H,8,9);;/q;2*+1/p-2. The Kier molecular flexibility index (Phi) is 11.6. The van der Waals surface area contributed by atoms with Crippen molar-refractivity contribution in [2.75, 3.05) is 0 Å². The van der Waals surface area contributed by atoms with E-state index in [0.29, 0.717) is 5.03 Å². The predicted molar refractivity (Wildman–Crippen MR) is 34.2 cm³/mol. The molecule has 0 bridgehead atoms. The molecule has 0 aromatic carbocycles. The Hall–Kier alpha value is 2.11. The first-order valence-corrected chi connectivity index (χ1v) is 2.95. The van der Waals surface area contributed by atoms with Gasteiger partial charge in [-0.1, -0.05) is 17.2 Å². The molecule has 0 saturated carbocycles. The first kappa shape index (κ1) is 16.5. The average molecular weight is 231 g/mol. The number of aromatic carboxylic acids is 1. The minimum Gasteiger partial charge on any atom is -0.760 e. The van der Waals surface area contributed by atoms with Crippen molar-refractivity contribution >= 4 is 18.6 Å². The molecule has 0 N–H and O–H groups in total. The van der Waals surface area contributed by atoms with E-state index >= 15 is 0 Å². The van der Waals surface area contributed by atoms with Crippen molar-refractivity contribution in [1.82, 2.24) is 4.98 Å². The van der Waals surface area contributed by atoms with E-state index in [1.807, 2.05) is 0 Å². The molecule has 0 spiro atoms. The van der Waals surface area contributed by atoms with E-state index in [2.05, 4.69) is 17.6 Å². The van der Waals surface area contributed by atoms with Crippen LogP contribution in [0.3, 0.4) is 0 Å². The van der Waals surface area contributed by atoms with Crippen molar-refractivity contribution in [3.8, 4) is 0 Å². The zero-order valence-electron chi connectivity index (χ0n) is 6.90. The summed E-state index contributed by atoms with van der Waals surface area (Å²) in [5.74, 6) is -1.23. The summed E-state index contributed by atoms with van der Waals surface area (Å²) in [6.45, 7) is 0. The molecule has 12 heavy (non-hydrogen) atoms. The van der Waals surface area contributed by atoms with Gasteiger partial charge in [-0.05, 0) is 0 Å². The summed E-state index contributed by atoms with van der Waals surface area (Å²) in [5, 5.41) is 10.5. The maximum atomic E-state index is 10.1. The van der Waals surface area contributed by atoms with Crippen LogP contribution >= 0.6 is 0 Å². The minimum atomic E-state index is -1.23. The van der Waals surface area contributed by atoms with E-state index in [9.17, 15) is 9.90 Å². The fourth-order valence-corrected chi connectivity index (χ4v) is 0.622. The van der Waals surface area contributed by atoms with Crippen LogP contribution < -0.4 is 108 Å². The van der Waals surface area contributed by atoms with Gasteiger partial charge in [0.2, 0.25) is 0 Å². The maximum Gasteiger partial charge on any atom is 1.00 e. The van der Waals surface area contributed by atoms with Gasteiger partial charge in [0.15, 0.2) is 0 Å². The molecular formula is C6H3K2NO2S. The van der Waals surface area contributed by atoms with Crippen LogP contribution in [0, 0.1) is 0 Å². The largest absolute Gasteiger partial charge is 1.00 e. The second-order valence-corrected chi connectivity index (χ2v) is 2.09. The third kappa shape index (κ3) is 5.76. The summed E-state index contributed by atoms with van der Waals surface area (Å²) in [4.78, 5) is 13.7. The molecule has 1 aromatic rings. The van der Waals surface area contributed by atoms with Crippen LogP contribution in [0.15, 0.2) is 23.4 Å². The smallest absolute Gasteiger partial charge is 0.760 e. The average Bonchev–Trinajstić information content (AvgIpc) is 1.88. The fraction of sp³-hybridized carbons (Fsp3) is 0. The molecule has 6 heteroatoms. The molecule has 0 atom stereocenters. The number of carboxylic acid groups (broad SMARTS) is 1. The molecule has 0 unspecified atom stereocenters. The summed E-state index contributed by atoms with van der Waals surface area (Å²) in [5.41, 5.74) is 0.0496. The summed E-state index contributed by atoms with van der Waals surface area (Å²) in [6.07, 6.45) is 1.18. The summed E-state index contributed by atoms with van der Waals surface area (Å²) in [6, 6.07) is 2.81. The zero-order chi connectivity index (χ0) is 7.56. The second-order valence-electron chi connectivity index (χ2n) is 1.67. The van der Waals surface area contributed by atoms with Gasteiger partial charge in [-0.2, -0.15) is 0 Å². The SMILES string of the molecule is O=C([O-])c1ccc([S-])nc1.[K+].[K+]. The quantitative estimate of drug-likeness (QED) is 0.356. The van der Waals surface area contributed by atoms with Crippen molar-refractivity contribution < 1.29 is 113 Å². The van der Waals surface area contributed by atoms with Crippen LogP contribution in [0.1, 0.15) is 10.4 Å². The minimum absolute atomic E-state index is 0. The van der Waals surface area contributed by atoms with Crippen LogP contribution in [0.5, 0.6) is 0 Å². The number of aromatic nitrogens is 1. The topological polar surface area (TPSA) is 53.0 Å². The second kappa shape index (κ2) is 8.42. The normalized spacial score (nSPS) is 7.67. The van der Waals surface area contributed by atoms with E-state index in [0.717, 1.165) is 0 Å². The molecule has 0 fully saturated rings. The number of nitrogens with zero attached hydrogens (tertiary/aromatic N) is 1. The van der Waals surface area contributed by atoms with Gasteiger partial charge in [0.25, 0.3) is 0 Å². The van der Waals surface area contributed by atoms with Crippen LogP contribution in [0.4, 0.5) is 0 Å². The van der Waals surface area contributed by atoms with Crippen LogP contribution in [-0.4, -0.2) is 11.0 Å².